The molecular weight excluding hydrogens is 465 g/mol. The van der Waals surface area contributed by atoms with Crippen LogP contribution >= 0.6 is 34.2 Å². The van der Waals surface area contributed by atoms with Crippen LogP contribution in [0.2, 0.25) is 5.02 Å². The minimum atomic E-state index is -0.0478. The van der Waals surface area contributed by atoms with Crippen molar-refractivity contribution in [2.75, 3.05) is 38.2 Å². The summed E-state index contributed by atoms with van der Waals surface area (Å²) in [5.41, 5.74) is 2.83. The summed E-state index contributed by atoms with van der Waals surface area (Å²) in [5.74, 6) is 1.51. The molecule has 7 heteroatoms. The topological polar surface area (TPSA) is 45.7 Å². The van der Waals surface area contributed by atoms with Crippen molar-refractivity contribution < 1.29 is 9.53 Å². The first-order valence-electron chi connectivity index (χ1n) is 8.41. The highest BCUT2D eigenvalue weighted by molar-refractivity contribution is 14.1. The third-order valence-corrected chi connectivity index (χ3v) is 6.05. The van der Waals surface area contributed by atoms with E-state index in [-0.39, 0.29) is 5.91 Å². The molecule has 138 valence electrons. The number of hydrogen-bond donors (Lipinski definition) is 0. The summed E-state index contributed by atoms with van der Waals surface area (Å²) in [7, 11) is 1.57. The maximum atomic E-state index is 12.9. The summed E-state index contributed by atoms with van der Waals surface area (Å²) in [6, 6.07) is 5.63. The highest BCUT2D eigenvalue weighted by Crippen LogP contribution is 2.29. The van der Waals surface area contributed by atoms with Crippen molar-refractivity contribution in [1.82, 2.24) is 9.88 Å². The Morgan fingerprint density at radius 2 is 1.88 bits per heavy atom. The molecule has 0 aliphatic carbocycles. The first-order chi connectivity index (χ1) is 12.4. The zero-order valence-electron chi connectivity index (χ0n) is 15.1. The number of anilines is 1. The molecule has 0 saturated carbocycles. The Balaban J connectivity index is 1.74. The van der Waals surface area contributed by atoms with Gasteiger partial charge in [0.05, 0.1) is 17.7 Å². The average Bonchev–Trinajstić information content (AvgIpc) is 2.63. The van der Waals surface area contributed by atoms with Crippen LogP contribution in [0.1, 0.15) is 21.5 Å². The zero-order chi connectivity index (χ0) is 18.8. The molecule has 0 unspecified atom stereocenters. The van der Waals surface area contributed by atoms with E-state index in [1.165, 1.54) is 0 Å². The zero-order valence-corrected chi connectivity index (χ0v) is 18.0. The van der Waals surface area contributed by atoms with E-state index in [1.54, 1.807) is 19.2 Å². The van der Waals surface area contributed by atoms with Gasteiger partial charge in [-0.3, -0.25) is 4.79 Å². The van der Waals surface area contributed by atoms with Gasteiger partial charge in [0.1, 0.15) is 11.6 Å². The smallest absolute Gasteiger partial charge is 0.257 e. The molecule has 2 aromatic rings. The van der Waals surface area contributed by atoms with Crippen LogP contribution in [0.4, 0.5) is 5.82 Å². The predicted octanol–water partition coefficient (Wildman–Crippen LogP) is 3.93. The number of carbonyl (C=O) groups excluding carboxylic acids is 1. The fourth-order valence-corrected chi connectivity index (χ4v) is 3.80. The number of benzene rings is 1. The second kappa shape index (κ2) is 8.00. The summed E-state index contributed by atoms with van der Waals surface area (Å²) >= 11 is 8.34. The third-order valence-electron chi connectivity index (χ3n) is 4.53. The lowest BCUT2D eigenvalue weighted by molar-refractivity contribution is 0.0743. The van der Waals surface area contributed by atoms with Crippen LogP contribution < -0.4 is 9.64 Å². The molecule has 1 aliphatic heterocycles. The molecule has 5 nitrogen and oxygen atoms in total. The Kier molecular flexibility index (Phi) is 5.92. The van der Waals surface area contributed by atoms with Gasteiger partial charge in [0, 0.05) is 35.9 Å². The molecule has 1 fully saturated rings. The highest BCUT2D eigenvalue weighted by atomic mass is 127. The molecule has 0 radical (unpaired) electrons. The van der Waals surface area contributed by atoms with Gasteiger partial charge in [-0.05, 0) is 59.7 Å². The second-order valence-electron chi connectivity index (χ2n) is 6.40. The Hall–Kier alpha value is -1.54. The van der Waals surface area contributed by atoms with Crippen molar-refractivity contribution in [3.8, 4) is 5.75 Å². The highest BCUT2D eigenvalue weighted by Gasteiger charge is 2.26. The summed E-state index contributed by atoms with van der Waals surface area (Å²) < 4.78 is 6.24. The lowest BCUT2D eigenvalue weighted by atomic mass is 10.1. The SMILES string of the molecule is COc1cc(I)c(Cl)cc1C(=O)N1CCN(c2ncc(C)cc2C)CC1. The number of methoxy groups -OCH3 is 1. The predicted molar refractivity (Wildman–Crippen MR) is 113 cm³/mol. The van der Waals surface area contributed by atoms with Crippen LogP contribution in [0, 0.1) is 17.4 Å². The molecule has 1 aromatic carbocycles. The van der Waals surface area contributed by atoms with Crippen molar-refractivity contribution in [3.05, 3.63) is 49.7 Å². The largest absolute Gasteiger partial charge is 0.496 e. The van der Waals surface area contributed by atoms with Crippen LogP contribution in [0.25, 0.3) is 0 Å². The van der Waals surface area contributed by atoms with Gasteiger partial charge < -0.3 is 14.5 Å². The van der Waals surface area contributed by atoms with Crippen molar-refractivity contribution in [1.29, 1.82) is 0 Å². The van der Waals surface area contributed by atoms with Gasteiger partial charge >= 0.3 is 0 Å². The molecule has 0 atom stereocenters. The number of pyridine rings is 1. The fourth-order valence-electron chi connectivity index (χ4n) is 3.20. The maximum Gasteiger partial charge on any atom is 0.257 e. The first kappa shape index (κ1) is 19.2. The number of amides is 1. The fraction of sp³-hybridized carbons (Fsp3) is 0.368. The van der Waals surface area contributed by atoms with Gasteiger partial charge in [0.25, 0.3) is 5.91 Å². The van der Waals surface area contributed by atoms with Crippen molar-refractivity contribution in [2.45, 2.75) is 13.8 Å². The summed E-state index contributed by atoms with van der Waals surface area (Å²) in [6.45, 7) is 6.90. The van der Waals surface area contributed by atoms with Crippen molar-refractivity contribution in [3.63, 3.8) is 0 Å². The van der Waals surface area contributed by atoms with Gasteiger partial charge in [0.15, 0.2) is 0 Å². The minimum Gasteiger partial charge on any atom is -0.496 e. The quantitative estimate of drug-likeness (QED) is 0.618. The number of rotatable bonds is 3. The van der Waals surface area contributed by atoms with Gasteiger partial charge in [-0.25, -0.2) is 4.98 Å². The normalized spacial score (nSPS) is 14.5. The molecular formula is C19H21ClIN3O2. The van der Waals surface area contributed by atoms with Crippen LogP contribution in [0.3, 0.4) is 0 Å². The number of hydrogen-bond acceptors (Lipinski definition) is 4. The third kappa shape index (κ3) is 3.91. The lowest BCUT2D eigenvalue weighted by Crippen LogP contribution is -2.49. The maximum absolute atomic E-state index is 12.9. The summed E-state index contributed by atoms with van der Waals surface area (Å²) in [4.78, 5) is 21.6. The minimum absolute atomic E-state index is 0.0478. The van der Waals surface area contributed by atoms with Gasteiger partial charge in [-0.2, -0.15) is 0 Å². The average molecular weight is 486 g/mol. The number of nitrogens with zero attached hydrogens (tertiary/aromatic N) is 3. The van der Waals surface area contributed by atoms with Crippen LogP contribution in [0.15, 0.2) is 24.4 Å². The molecule has 0 spiro atoms. The summed E-state index contributed by atoms with van der Waals surface area (Å²) in [5, 5.41) is 0.563. The van der Waals surface area contributed by atoms with Crippen LogP contribution in [-0.2, 0) is 0 Å². The van der Waals surface area contributed by atoms with Gasteiger partial charge in [-0.15, -0.1) is 0 Å². The van der Waals surface area contributed by atoms with Crippen LogP contribution in [-0.4, -0.2) is 49.1 Å². The molecule has 0 bridgehead atoms. The molecule has 26 heavy (non-hydrogen) atoms. The van der Waals surface area contributed by atoms with E-state index in [9.17, 15) is 4.79 Å². The molecule has 1 saturated heterocycles. The molecule has 3 rings (SSSR count). The van der Waals surface area contributed by atoms with E-state index in [4.69, 9.17) is 16.3 Å². The number of ether oxygens (including phenoxy) is 1. The van der Waals surface area contributed by atoms with E-state index in [2.05, 4.69) is 45.5 Å². The Labute approximate surface area is 172 Å². The van der Waals surface area contributed by atoms with E-state index in [0.717, 1.165) is 33.6 Å². The monoisotopic (exact) mass is 485 g/mol. The molecule has 1 amide bonds. The second-order valence-corrected chi connectivity index (χ2v) is 7.97. The Morgan fingerprint density at radius 3 is 2.50 bits per heavy atom. The lowest BCUT2D eigenvalue weighted by Gasteiger charge is -2.36. The summed E-state index contributed by atoms with van der Waals surface area (Å²) in [6.07, 6.45) is 1.89. The number of halogens is 2. The number of aryl methyl sites for hydroxylation is 2. The first-order valence-corrected chi connectivity index (χ1v) is 9.87. The molecule has 0 N–H and O–H groups in total. The number of carbonyl (C=O) groups is 1. The standard InChI is InChI=1S/C19H21ClIN3O2/c1-12-8-13(2)18(22-11-12)23-4-6-24(7-5-23)19(25)14-9-15(20)16(21)10-17(14)26-3/h8-11H,4-7H2,1-3H3. The van der Waals surface area contributed by atoms with Gasteiger partial charge in [-0.1, -0.05) is 17.7 Å². The number of aromatic nitrogens is 1. The van der Waals surface area contributed by atoms with E-state index >= 15 is 0 Å². The molecule has 2 heterocycles. The van der Waals surface area contributed by atoms with E-state index < -0.39 is 0 Å². The Morgan fingerprint density at radius 1 is 1.19 bits per heavy atom. The van der Waals surface area contributed by atoms with Crippen molar-refractivity contribution >= 4 is 45.9 Å². The van der Waals surface area contributed by atoms with Gasteiger partial charge in [0.2, 0.25) is 0 Å². The number of piperazine rings is 1. The van der Waals surface area contributed by atoms with E-state index in [1.807, 2.05) is 18.0 Å². The molecule has 1 aromatic heterocycles. The van der Waals surface area contributed by atoms with Crippen molar-refractivity contribution in [2.24, 2.45) is 0 Å². The van der Waals surface area contributed by atoms with Crippen LogP contribution in [0.5, 0.6) is 5.75 Å². The van der Waals surface area contributed by atoms with E-state index in [0.29, 0.717) is 29.4 Å². The molecule has 1 aliphatic rings. The Bertz CT molecular complexity index is 836.